The highest BCUT2D eigenvalue weighted by Crippen LogP contribution is 2.27. The highest BCUT2D eigenvalue weighted by atomic mass is 127. The van der Waals surface area contributed by atoms with Gasteiger partial charge in [0.05, 0.1) is 10.6 Å². The van der Waals surface area contributed by atoms with Gasteiger partial charge >= 0.3 is 0 Å². The molecule has 0 aliphatic heterocycles. The van der Waals surface area contributed by atoms with Gasteiger partial charge in [-0.2, -0.15) is 0 Å². The van der Waals surface area contributed by atoms with Gasteiger partial charge in [-0.25, -0.2) is 0 Å². The Labute approximate surface area is 137 Å². The molecule has 8 heteroatoms. The molecule has 0 bridgehead atoms. The molecule has 0 radical (unpaired) electrons. The number of hydrogen-bond donors (Lipinski definition) is 1. The Bertz CT molecular complexity index is 632. The topological polar surface area (TPSA) is 54.9 Å². The Morgan fingerprint density at radius 1 is 1.42 bits per heavy atom. The SMILES string of the molecule is CCc1nnc(NC(=O)c2cc(Cl)cc(Cl)c2I)s1. The fraction of sp³-hybridized carbons (Fsp3) is 0.182. The van der Waals surface area contributed by atoms with Gasteiger partial charge in [0.15, 0.2) is 0 Å². The van der Waals surface area contributed by atoms with Crippen molar-refractivity contribution in [1.82, 2.24) is 10.2 Å². The van der Waals surface area contributed by atoms with Crippen molar-refractivity contribution in [3.8, 4) is 0 Å². The molecule has 0 aliphatic rings. The maximum absolute atomic E-state index is 12.1. The summed E-state index contributed by atoms with van der Waals surface area (Å²) in [6, 6.07) is 3.17. The largest absolute Gasteiger partial charge is 0.296 e. The molecule has 4 nitrogen and oxygen atoms in total. The van der Waals surface area contributed by atoms with E-state index in [-0.39, 0.29) is 5.91 Å². The van der Waals surface area contributed by atoms with Crippen molar-refractivity contribution in [2.24, 2.45) is 0 Å². The van der Waals surface area contributed by atoms with Gasteiger partial charge in [0, 0.05) is 8.59 Å². The fourth-order valence-electron chi connectivity index (χ4n) is 1.33. The van der Waals surface area contributed by atoms with Crippen LogP contribution in [0.15, 0.2) is 12.1 Å². The third kappa shape index (κ3) is 3.56. The molecule has 0 atom stereocenters. The minimum atomic E-state index is -0.299. The minimum absolute atomic E-state index is 0.299. The van der Waals surface area contributed by atoms with E-state index < -0.39 is 0 Å². The molecule has 0 saturated heterocycles. The van der Waals surface area contributed by atoms with Crippen LogP contribution in [-0.4, -0.2) is 16.1 Å². The lowest BCUT2D eigenvalue weighted by atomic mass is 10.2. The van der Waals surface area contributed by atoms with E-state index in [1.165, 1.54) is 11.3 Å². The van der Waals surface area contributed by atoms with Crippen molar-refractivity contribution >= 4 is 68.2 Å². The molecule has 2 rings (SSSR count). The minimum Gasteiger partial charge on any atom is -0.296 e. The highest BCUT2D eigenvalue weighted by Gasteiger charge is 2.15. The fourth-order valence-corrected chi connectivity index (χ4v) is 3.06. The number of nitrogens with one attached hydrogen (secondary N) is 1. The van der Waals surface area contributed by atoms with Gasteiger partial charge in [-0.15, -0.1) is 10.2 Å². The molecule has 0 unspecified atom stereocenters. The Balaban J connectivity index is 2.25. The maximum atomic E-state index is 12.1. The van der Waals surface area contributed by atoms with Gasteiger partial charge in [-0.05, 0) is 41.1 Å². The Hall–Kier alpha value is -0.440. The van der Waals surface area contributed by atoms with Crippen LogP contribution in [0.3, 0.4) is 0 Å². The van der Waals surface area contributed by atoms with Crippen molar-refractivity contribution in [2.45, 2.75) is 13.3 Å². The van der Waals surface area contributed by atoms with Crippen LogP contribution in [0.4, 0.5) is 5.13 Å². The number of carbonyl (C=O) groups excluding carboxylic acids is 1. The van der Waals surface area contributed by atoms with Crippen LogP contribution in [0.2, 0.25) is 10.0 Å². The number of amides is 1. The quantitative estimate of drug-likeness (QED) is 0.588. The number of anilines is 1. The number of nitrogens with zero attached hydrogens (tertiary/aromatic N) is 2. The van der Waals surface area contributed by atoms with E-state index in [1.807, 2.05) is 29.5 Å². The summed E-state index contributed by atoms with van der Waals surface area (Å²) in [4.78, 5) is 12.1. The van der Waals surface area contributed by atoms with Crippen molar-refractivity contribution in [2.75, 3.05) is 5.32 Å². The lowest BCUT2D eigenvalue weighted by molar-refractivity contribution is 0.102. The second-order valence-electron chi connectivity index (χ2n) is 3.56. The molecule has 100 valence electrons. The number of aromatic nitrogens is 2. The molecule has 1 amide bonds. The van der Waals surface area contributed by atoms with E-state index in [1.54, 1.807) is 12.1 Å². The predicted octanol–water partition coefficient (Wildman–Crippen LogP) is 4.26. The summed E-state index contributed by atoms with van der Waals surface area (Å²) in [6.45, 7) is 1.98. The molecular formula is C11H8Cl2IN3OS. The first-order valence-corrected chi connectivity index (χ1v) is 7.94. The Kier molecular flexibility index (Phi) is 4.99. The van der Waals surface area contributed by atoms with Crippen LogP contribution < -0.4 is 5.32 Å². The van der Waals surface area contributed by atoms with Crippen molar-refractivity contribution in [3.63, 3.8) is 0 Å². The summed E-state index contributed by atoms with van der Waals surface area (Å²) in [7, 11) is 0. The molecule has 1 heterocycles. The first kappa shape index (κ1) is 15.0. The predicted molar refractivity (Wildman–Crippen MR) is 86.4 cm³/mol. The summed E-state index contributed by atoms with van der Waals surface area (Å²) in [5.74, 6) is -0.299. The molecule has 0 aliphatic carbocycles. The number of halogens is 3. The van der Waals surface area contributed by atoms with Gasteiger partial charge in [-0.3, -0.25) is 10.1 Å². The van der Waals surface area contributed by atoms with Crippen LogP contribution in [0.5, 0.6) is 0 Å². The Morgan fingerprint density at radius 2 is 2.16 bits per heavy atom. The monoisotopic (exact) mass is 427 g/mol. The number of carbonyl (C=O) groups is 1. The van der Waals surface area contributed by atoms with Crippen molar-refractivity contribution < 1.29 is 4.79 Å². The van der Waals surface area contributed by atoms with Crippen LogP contribution in [0, 0.1) is 3.57 Å². The zero-order valence-corrected chi connectivity index (χ0v) is 14.2. The highest BCUT2D eigenvalue weighted by molar-refractivity contribution is 14.1. The van der Waals surface area contributed by atoms with Gasteiger partial charge < -0.3 is 0 Å². The lowest BCUT2D eigenvalue weighted by Crippen LogP contribution is -2.13. The average molecular weight is 428 g/mol. The lowest BCUT2D eigenvalue weighted by Gasteiger charge is -2.06. The molecule has 1 aromatic carbocycles. The van der Waals surface area contributed by atoms with E-state index in [2.05, 4.69) is 15.5 Å². The van der Waals surface area contributed by atoms with E-state index in [0.29, 0.717) is 24.3 Å². The summed E-state index contributed by atoms with van der Waals surface area (Å²) in [5, 5.41) is 12.7. The van der Waals surface area contributed by atoms with Crippen molar-refractivity contribution in [1.29, 1.82) is 0 Å². The molecule has 1 aromatic heterocycles. The van der Waals surface area contributed by atoms with Gasteiger partial charge in [0.25, 0.3) is 5.91 Å². The number of aryl methyl sites for hydroxylation is 1. The summed E-state index contributed by atoms with van der Waals surface area (Å²) >= 11 is 15.3. The molecular weight excluding hydrogens is 420 g/mol. The van der Waals surface area contributed by atoms with E-state index >= 15 is 0 Å². The molecule has 0 fully saturated rings. The zero-order valence-electron chi connectivity index (χ0n) is 9.71. The molecule has 1 N–H and O–H groups in total. The van der Waals surface area contributed by atoms with Crippen LogP contribution >= 0.6 is 57.1 Å². The first-order valence-electron chi connectivity index (χ1n) is 5.29. The van der Waals surface area contributed by atoms with Crippen molar-refractivity contribution in [3.05, 3.63) is 36.3 Å². The average Bonchev–Trinajstić information content (AvgIpc) is 2.81. The molecule has 19 heavy (non-hydrogen) atoms. The van der Waals surface area contributed by atoms with Gasteiger partial charge in [-0.1, -0.05) is 41.5 Å². The third-order valence-electron chi connectivity index (χ3n) is 2.23. The van der Waals surface area contributed by atoms with E-state index in [9.17, 15) is 4.79 Å². The smallest absolute Gasteiger partial charge is 0.258 e. The molecule has 0 spiro atoms. The zero-order chi connectivity index (χ0) is 14.0. The normalized spacial score (nSPS) is 10.5. The summed E-state index contributed by atoms with van der Waals surface area (Å²) < 4.78 is 0.654. The van der Waals surface area contributed by atoms with Gasteiger partial charge in [0.2, 0.25) is 5.13 Å². The Morgan fingerprint density at radius 3 is 2.79 bits per heavy atom. The summed E-state index contributed by atoms with van der Waals surface area (Å²) in [6.07, 6.45) is 0.786. The number of benzene rings is 1. The van der Waals surface area contributed by atoms with Crippen LogP contribution in [0.1, 0.15) is 22.3 Å². The second kappa shape index (κ2) is 6.34. The van der Waals surface area contributed by atoms with Crippen LogP contribution in [0.25, 0.3) is 0 Å². The van der Waals surface area contributed by atoms with E-state index in [0.717, 1.165) is 11.4 Å². The standard InChI is InChI=1S/C11H8Cl2IN3OS/c1-2-8-16-17-11(19-8)15-10(18)6-3-5(12)4-7(13)9(6)14/h3-4H,2H2,1H3,(H,15,17,18). The second-order valence-corrected chi connectivity index (χ2v) is 6.54. The van der Waals surface area contributed by atoms with Gasteiger partial charge in [0.1, 0.15) is 5.01 Å². The maximum Gasteiger partial charge on any atom is 0.258 e. The number of hydrogen-bond acceptors (Lipinski definition) is 4. The first-order chi connectivity index (χ1) is 9.01. The number of rotatable bonds is 3. The van der Waals surface area contributed by atoms with Crippen LogP contribution in [-0.2, 0) is 6.42 Å². The third-order valence-corrected chi connectivity index (χ3v) is 5.21. The summed E-state index contributed by atoms with van der Waals surface area (Å²) in [5.41, 5.74) is 0.423. The van der Waals surface area contributed by atoms with E-state index in [4.69, 9.17) is 23.2 Å². The molecule has 2 aromatic rings. The molecule has 0 saturated carbocycles.